The number of methoxy groups -OCH3 is 1. The molecule has 0 aliphatic carbocycles. The molecule has 0 aliphatic heterocycles. The van der Waals surface area contributed by atoms with Crippen LogP contribution in [-0.4, -0.2) is 20.5 Å². The molecule has 0 radical (unpaired) electrons. The Bertz CT molecular complexity index is 1040. The van der Waals surface area contributed by atoms with E-state index < -0.39 is 10.0 Å². The minimum absolute atomic E-state index is 0.121. The number of sulfonamides is 1. The van der Waals surface area contributed by atoms with Crippen molar-refractivity contribution < 1.29 is 17.9 Å². The summed E-state index contributed by atoms with van der Waals surface area (Å²) in [5.41, 5.74) is 1.77. The smallest absolute Gasteiger partial charge is 0.240 e. The zero-order valence-electron chi connectivity index (χ0n) is 15.1. The van der Waals surface area contributed by atoms with Gasteiger partial charge in [-0.15, -0.1) is 0 Å². The molecule has 0 fully saturated rings. The Kier molecular flexibility index (Phi) is 6.66. The van der Waals surface area contributed by atoms with Crippen LogP contribution < -0.4 is 14.2 Å². The van der Waals surface area contributed by atoms with Gasteiger partial charge in [0.1, 0.15) is 12.4 Å². The maximum absolute atomic E-state index is 12.5. The standard InChI is InChI=1S/C20H19BrN2O4S/c1-26-19-8-7-17(12-18(19)21)28(24,25)23-13-16-9-10-22-20(11-16)27-14-15-5-3-2-4-6-15/h2-12,23H,13-14H2,1H3. The van der Waals surface area contributed by atoms with Crippen molar-refractivity contribution >= 4 is 26.0 Å². The summed E-state index contributed by atoms with van der Waals surface area (Å²) >= 11 is 3.30. The molecule has 0 aliphatic rings. The van der Waals surface area contributed by atoms with E-state index in [-0.39, 0.29) is 11.4 Å². The summed E-state index contributed by atoms with van der Waals surface area (Å²) in [5, 5.41) is 0. The van der Waals surface area contributed by atoms with E-state index in [1.165, 1.54) is 19.2 Å². The summed E-state index contributed by atoms with van der Waals surface area (Å²) in [6.07, 6.45) is 1.59. The van der Waals surface area contributed by atoms with Crippen LogP contribution in [0.4, 0.5) is 0 Å². The van der Waals surface area contributed by atoms with E-state index in [4.69, 9.17) is 9.47 Å². The fourth-order valence-corrected chi connectivity index (χ4v) is 4.18. The quantitative estimate of drug-likeness (QED) is 0.548. The molecule has 0 saturated carbocycles. The monoisotopic (exact) mass is 462 g/mol. The van der Waals surface area contributed by atoms with E-state index in [1.54, 1.807) is 24.4 Å². The molecule has 8 heteroatoms. The largest absolute Gasteiger partial charge is 0.496 e. The Hall–Kier alpha value is -2.42. The van der Waals surface area contributed by atoms with Gasteiger partial charge < -0.3 is 9.47 Å². The van der Waals surface area contributed by atoms with Gasteiger partial charge in [-0.25, -0.2) is 18.1 Å². The van der Waals surface area contributed by atoms with Gasteiger partial charge in [-0.2, -0.15) is 0 Å². The van der Waals surface area contributed by atoms with Gasteiger partial charge in [-0.05, 0) is 51.3 Å². The fraction of sp³-hybridized carbons (Fsp3) is 0.150. The van der Waals surface area contributed by atoms with E-state index in [2.05, 4.69) is 25.6 Å². The normalized spacial score (nSPS) is 11.2. The van der Waals surface area contributed by atoms with Crippen LogP contribution in [0.15, 0.2) is 76.2 Å². The molecule has 0 bridgehead atoms. The van der Waals surface area contributed by atoms with Crippen LogP contribution >= 0.6 is 15.9 Å². The van der Waals surface area contributed by atoms with Gasteiger partial charge in [-0.3, -0.25) is 0 Å². The Balaban J connectivity index is 1.64. The Morgan fingerprint density at radius 3 is 2.54 bits per heavy atom. The molecule has 0 amide bonds. The van der Waals surface area contributed by atoms with Crippen molar-refractivity contribution in [1.29, 1.82) is 0 Å². The third-order valence-corrected chi connectivity index (χ3v) is 5.95. The second-order valence-electron chi connectivity index (χ2n) is 5.90. The van der Waals surface area contributed by atoms with Gasteiger partial charge in [-0.1, -0.05) is 30.3 Å². The highest BCUT2D eigenvalue weighted by Crippen LogP contribution is 2.27. The van der Waals surface area contributed by atoms with Crippen molar-refractivity contribution in [3.8, 4) is 11.6 Å². The van der Waals surface area contributed by atoms with E-state index >= 15 is 0 Å². The lowest BCUT2D eigenvalue weighted by Gasteiger charge is -2.10. The number of benzene rings is 2. The van der Waals surface area contributed by atoms with Crippen LogP contribution in [0.2, 0.25) is 0 Å². The third kappa shape index (κ3) is 5.31. The molecule has 28 heavy (non-hydrogen) atoms. The molecule has 1 heterocycles. The molecule has 3 aromatic rings. The zero-order valence-corrected chi connectivity index (χ0v) is 17.5. The summed E-state index contributed by atoms with van der Waals surface area (Å²) < 4.78 is 39.0. The van der Waals surface area contributed by atoms with E-state index in [0.29, 0.717) is 22.7 Å². The van der Waals surface area contributed by atoms with E-state index in [1.807, 2.05) is 30.3 Å². The molecule has 0 unspecified atom stereocenters. The van der Waals surface area contributed by atoms with Crippen LogP contribution in [-0.2, 0) is 23.2 Å². The molecule has 1 aromatic heterocycles. The summed E-state index contributed by atoms with van der Waals surface area (Å²) in [7, 11) is -2.15. The number of rotatable bonds is 8. The van der Waals surface area contributed by atoms with Crippen molar-refractivity contribution in [2.75, 3.05) is 7.11 Å². The maximum atomic E-state index is 12.5. The Morgan fingerprint density at radius 2 is 1.82 bits per heavy atom. The molecule has 0 saturated heterocycles. The molecular weight excluding hydrogens is 444 g/mol. The molecule has 0 atom stereocenters. The highest BCUT2D eigenvalue weighted by molar-refractivity contribution is 9.10. The van der Waals surface area contributed by atoms with Gasteiger partial charge in [0, 0.05) is 18.8 Å². The predicted octanol–water partition coefficient (Wildman–Crippen LogP) is 3.91. The Morgan fingerprint density at radius 1 is 1.04 bits per heavy atom. The maximum Gasteiger partial charge on any atom is 0.240 e. The minimum Gasteiger partial charge on any atom is -0.496 e. The third-order valence-electron chi connectivity index (χ3n) is 3.93. The summed E-state index contributed by atoms with van der Waals surface area (Å²) in [6.45, 7) is 0.513. The first kappa shape index (κ1) is 20.3. The van der Waals surface area contributed by atoms with Crippen LogP contribution in [0, 0.1) is 0 Å². The SMILES string of the molecule is COc1ccc(S(=O)(=O)NCc2ccnc(OCc3ccccc3)c2)cc1Br. The number of pyridine rings is 1. The van der Waals surface area contributed by atoms with Crippen LogP contribution in [0.25, 0.3) is 0 Å². The predicted molar refractivity (Wildman–Crippen MR) is 110 cm³/mol. The number of nitrogens with zero attached hydrogens (tertiary/aromatic N) is 1. The second-order valence-corrected chi connectivity index (χ2v) is 8.52. The lowest BCUT2D eigenvalue weighted by molar-refractivity contribution is 0.293. The van der Waals surface area contributed by atoms with Crippen LogP contribution in [0.3, 0.4) is 0 Å². The number of nitrogens with one attached hydrogen (secondary N) is 1. The van der Waals surface area contributed by atoms with Crippen molar-refractivity contribution in [3.05, 3.63) is 82.5 Å². The van der Waals surface area contributed by atoms with Gasteiger partial charge >= 0.3 is 0 Å². The first-order valence-electron chi connectivity index (χ1n) is 8.43. The van der Waals surface area contributed by atoms with Gasteiger partial charge in [0.25, 0.3) is 0 Å². The number of aromatic nitrogens is 1. The summed E-state index contributed by atoms with van der Waals surface area (Å²) in [5.74, 6) is 1.00. The van der Waals surface area contributed by atoms with Crippen molar-refractivity contribution in [2.24, 2.45) is 0 Å². The second kappa shape index (κ2) is 9.18. The number of hydrogen-bond acceptors (Lipinski definition) is 5. The first-order chi connectivity index (χ1) is 13.5. The summed E-state index contributed by atoms with van der Waals surface area (Å²) in [4.78, 5) is 4.32. The number of ether oxygens (including phenoxy) is 2. The van der Waals surface area contributed by atoms with E-state index in [9.17, 15) is 8.42 Å². The molecule has 6 nitrogen and oxygen atoms in total. The minimum atomic E-state index is -3.67. The highest BCUT2D eigenvalue weighted by atomic mass is 79.9. The zero-order chi connectivity index (χ0) is 20.0. The van der Waals surface area contributed by atoms with Crippen molar-refractivity contribution in [2.45, 2.75) is 18.0 Å². The van der Waals surface area contributed by atoms with Crippen LogP contribution in [0.1, 0.15) is 11.1 Å². The highest BCUT2D eigenvalue weighted by Gasteiger charge is 2.16. The van der Waals surface area contributed by atoms with Crippen molar-refractivity contribution in [1.82, 2.24) is 9.71 Å². The molecule has 2 aromatic carbocycles. The average molecular weight is 463 g/mol. The molecular formula is C20H19BrN2O4S. The average Bonchev–Trinajstić information content (AvgIpc) is 2.72. The fourth-order valence-electron chi connectivity index (χ4n) is 2.45. The molecule has 146 valence electrons. The van der Waals surface area contributed by atoms with Gasteiger partial charge in [0.15, 0.2) is 0 Å². The Labute approximate surface area is 172 Å². The molecule has 0 spiro atoms. The number of halogens is 1. The van der Waals surface area contributed by atoms with Crippen molar-refractivity contribution in [3.63, 3.8) is 0 Å². The van der Waals surface area contributed by atoms with Gasteiger partial charge in [0.2, 0.25) is 15.9 Å². The molecule has 3 rings (SSSR count). The van der Waals surface area contributed by atoms with Gasteiger partial charge in [0.05, 0.1) is 16.5 Å². The summed E-state index contributed by atoms with van der Waals surface area (Å²) in [6, 6.07) is 17.8. The topological polar surface area (TPSA) is 77.5 Å². The van der Waals surface area contributed by atoms with Crippen LogP contribution in [0.5, 0.6) is 11.6 Å². The lowest BCUT2D eigenvalue weighted by Crippen LogP contribution is -2.23. The first-order valence-corrected chi connectivity index (χ1v) is 10.7. The van der Waals surface area contributed by atoms with E-state index in [0.717, 1.165) is 11.1 Å². The molecule has 1 N–H and O–H groups in total. The lowest BCUT2D eigenvalue weighted by atomic mass is 10.2. The number of hydrogen-bond donors (Lipinski definition) is 1.